The number of nitrogens with zero attached hydrogens (tertiary/aromatic N) is 2. The zero-order chi connectivity index (χ0) is 17.9. The monoisotopic (exact) mass is 357 g/mol. The second kappa shape index (κ2) is 7.59. The van der Waals surface area contributed by atoms with Gasteiger partial charge in [0.1, 0.15) is 5.82 Å². The molecule has 1 saturated heterocycles. The van der Waals surface area contributed by atoms with Crippen molar-refractivity contribution in [1.82, 2.24) is 4.98 Å². The predicted octanol–water partition coefficient (Wildman–Crippen LogP) is 3.23. The number of nitrogens with one attached hydrogen (secondary N) is 1. The summed E-state index contributed by atoms with van der Waals surface area (Å²) >= 11 is 0. The summed E-state index contributed by atoms with van der Waals surface area (Å²) in [5, 5.41) is 2.70. The van der Waals surface area contributed by atoms with E-state index in [2.05, 4.69) is 15.2 Å². The van der Waals surface area contributed by atoms with Gasteiger partial charge in [0.2, 0.25) is 5.91 Å². The SMILES string of the molecule is O=C(Nc1ccc(N2CCOCC2)nc1)C1CCCC(C(F)(F)F)C1. The van der Waals surface area contributed by atoms with E-state index in [1.807, 2.05) is 0 Å². The molecule has 2 atom stereocenters. The van der Waals surface area contributed by atoms with Crippen LogP contribution < -0.4 is 10.2 Å². The van der Waals surface area contributed by atoms with Crippen LogP contribution in [0.15, 0.2) is 18.3 Å². The summed E-state index contributed by atoms with van der Waals surface area (Å²) in [6.45, 7) is 2.84. The van der Waals surface area contributed by atoms with Crippen LogP contribution in [0.3, 0.4) is 0 Å². The molecule has 1 saturated carbocycles. The summed E-state index contributed by atoms with van der Waals surface area (Å²) < 4.78 is 43.9. The lowest BCUT2D eigenvalue weighted by molar-refractivity contribution is -0.185. The van der Waals surface area contributed by atoms with Gasteiger partial charge in [-0.25, -0.2) is 4.98 Å². The Balaban J connectivity index is 1.57. The lowest BCUT2D eigenvalue weighted by atomic mass is 9.80. The molecule has 2 unspecified atom stereocenters. The first-order chi connectivity index (χ1) is 11.9. The first kappa shape index (κ1) is 18.0. The number of anilines is 2. The molecule has 3 rings (SSSR count). The predicted molar refractivity (Wildman–Crippen MR) is 87.4 cm³/mol. The molecule has 0 aromatic carbocycles. The van der Waals surface area contributed by atoms with E-state index >= 15 is 0 Å². The van der Waals surface area contributed by atoms with Crippen LogP contribution in [0.2, 0.25) is 0 Å². The van der Waals surface area contributed by atoms with Gasteiger partial charge in [-0.05, 0) is 31.4 Å². The Bertz CT molecular complexity index is 586. The van der Waals surface area contributed by atoms with Crippen LogP contribution >= 0.6 is 0 Å². The number of alkyl halides is 3. The van der Waals surface area contributed by atoms with Crippen molar-refractivity contribution in [2.45, 2.75) is 31.9 Å². The zero-order valence-corrected chi connectivity index (χ0v) is 13.9. The Hall–Kier alpha value is -1.83. The fourth-order valence-electron chi connectivity index (χ4n) is 3.41. The summed E-state index contributed by atoms with van der Waals surface area (Å²) in [5.41, 5.74) is 0.510. The molecule has 1 aliphatic heterocycles. The smallest absolute Gasteiger partial charge is 0.378 e. The molecule has 1 amide bonds. The molecule has 1 aromatic heterocycles. The Morgan fingerprint density at radius 1 is 1.24 bits per heavy atom. The number of aromatic nitrogens is 1. The Kier molecular flexibility index (Phi) is 5.46. The van der Waals surface area contributed by atoms with Crippen molar-refractivity contribution >= 4 is 17.4 Å². The van der Waals surface area contributed by atoms with Crippen molar-refractivity contribution in [2.75, 3.05) is 36.5 Å². The fourth-order valence-corrected chi connectivity index (χ4v) is 3.41. The molecule has 2 fully saturated rings. The maximum absolute atomic E-state index is 12.9. The summed E-state index contributed by atoms with van der Waals surface area (Å²) in [7, 11) is 0. The van der Waals surface area contributed by atoms with Crippen LogP contribution in [0.1, 0.15) is 25.7 Å². The number of carbonyl (C=O) groups excluding carboxylic acids is 1. The highest BCUT2D eigenvalue weighted by Gasteiger charge is 2.43. The Labute approximate surface area is 144 Å². The van der Waals surface area contributed by atoms with E-state index in [9.17, 15) is 18.0 Å². The fraction of sp³-hybridized carbons (Fsp3) is 0.647. The quantitative estimate of drug-likeness (QED) is 0.902. The van der Waals surface area contributed by atoms with Gasteiger partial charge < -0.3 is 15.0 Å². The zero-order valence-electron chi connectivity index (χ0n) is 13.9. The van der Waals surface area contributed by atoms with E-state index in [1.165, 1.54) is 0 Å². The summed E-state index contributed by atoms with van der Waals surface area (Å²) in [5.74, 6) is -1.52. The van der Waals surface area contributed by atoms with Crippen molar-refractivity contribution in [3.63, 3.8) is 0 Å². The summed E-state index contributed by atoms with van der Waals surface area (Å²) in [6.07, 6.45) is -1.76. The number of ether oxygens (including phenoxy) is 1. The maximum atomic E-state index is 12.9. The van der Waals surface area contributed by atoms with Gasteiger partial charge in [0.05, 0.1) is 31.0 Å². The number of amides is 1. The molecule has 1 aromatic rings. The molecule has 2 heterocycles. The minimum Gasteiger partial charge on any atom is -0.378 e. The van der Waals surface area contributed by atoms with Crippen molar-refractivity contribution in [3.05, 3.63) is 18.3 Å². The van der Waals surface area contributed by atoms with E-state index in [0.29, 0.717) is 31.7 Å². The molecule has 1 N–H and O–H groups in total. The number of hydrogen-bond acceptors (Lipinski definition) is 4. The van der Waals surface area contributed by atoms with Gasteiger partial charge in [0, 0.05) is 19.0 Å². The van der Waals surface area contributed by atoms with Crippen molar-refractivity contribution < 1.29 is 22.7 Å². The normalized spacial score (nSPS) is 24.8. The molecule has 5 nitrogen and oxygen atoms in total. The van der Waals surface area contributed by atoms with Crippen LogP contribution in [0.5, 0.6) is 0 Å². The lowest BCUT2D eigenvalue weighted by Gasteiger charge is -2.30. The Morgan fingerprint density at radius 2 is 2.00 bits per heavy atom. The molecular formula is C17H22F3N3O2. The van der Waals surface area contributed by atoms with E-state index in [-0.39, 0.29) is 18.7 Å². The maximum Gasteiger partial charge on any atom is 0.391 e. The molecule has 0 bridgehead atoms. The number of hydrogen-bond donors (Lipinski definition) is 1. The van der Waals surface area contributed by atoms with Gasteiger partial charge in [0.15, 0.2) is 0 Å². The van der Waals surface area contributed by atoms with Crippen molar-refractivity contribution in [3.8, 4) is 0 Å². The van der Waals surface area contributed by atoms with Crippen LogP contribution in [-0.2, 0) is 9.53 Å². The third kappa shape index (κ3) is 4.62. The number of carbonyl (C=O) groups is 1. The third-order valence-corrected chi connectivity index (χ3v) is 4.86. The number of morpholine rings is 1. The molecule has 0 radical (unpaired) electrons. The first-order valence-corrected chi connectivity index (χ1v) is 8.60. The average Bonchev–Trinajstić information content (AvgIpc) is 2.62. The second-order valence-corrected chi connectivity index (χ2v) is 6.60. The highest BCUT2D eigenvalue weighted by Crippen LogP contribution is 2.40. The lowest BCUT2D eigenvalue weighted by Crippen LogP contribution is -2.36. The van der Waals surface area contributed by atoms with E-state index < -0.39 is 18.0 Å². The summed E-state index contributed by atoms with van der Waals surface area (Å²) in [4.78, 5) is 18.7. The van der Waals surface area contributed by atoms with Crippen LogP contribution in [0.4, 0.5) is 24.7 Å². The molecule has 138 valence electrons. The van der Waals surface area contributed by atoms with Gasteiger partial charge in [-0.2, -0.15) is 13.2 Å². The van der Waals surface area contributed by atoms with Crippen LogP contribution in [-0.4, -0.2) is 43.4 Å². The van der Waals surface area contributed by atoms with Gasteiger partial charge in [0.25, 0.3) is 0 Å². The highest BCUT2D eigenvalue weighted by atomic mass is 19.4. The van der Waals surface area contributed by atoms with E-state index in [1.54, 1.807) is 18.3 Å². The van der Waals surface area contributed by atoms with Gasteiger partial charge in [-0.1, -0.05) is 6.42 Å². The number of pyridine rings is 1. The minimum atomic E-state index is -4.22. The highest BCUT2D eigenvalue weighted by molar-refractivity contribution is 5.92. The van der Waals surface area contributed by atoms with Gasteiger partial charge >= 0.3 is 6.18 Å². The summed E-state index contributed by atoms with van der Waals surface area (Å²) in [6, 6.07) is 3.54. The minimum absolute atomic E-state index is 0.114. The molecule has 0 spiro atoms. The topological polar surface area (TPSA) is 54.5 Å². The van der Waals surface area contributed by atoms with Gasteiger partial charge in [-0.15, -0.1) is 0 Å². The van der Waals surface area contributed by atoms with Crippen LogP contribution in [0, 0.1) is 11.8 Å². The third-order valence-electron chi connectivity index (χ3n) is 4.86. The largest absolute Gasteiger partial charge is 0.391 e. The molecule has 2 aliphatic rings. The molecule has 8 heteroatoms. The van der Waals surface area contributed by atoms with E-state index in [4.69, 9.17) is 4.74 Å². The standard InChI is InChI=1S/C17H22F3N3O2/c18-17(19,20)13-3-1-2-12(10-13)16(24)22-14-4-5-15(21-11-14)23-6-8-25-9-7-23/h4-5,11-13H,1-3,6-10H2,(H,22,24). The molecular weight excluding hydrogens is 335 g/mol. The van der Waals surface area contributed by atoms with Crippen molar-refractivity contribution in [1.29, 1.82) is 0 Å². The van der Waals surface area contributed by atoms with Gasteiger partial charge in [-0.3, -0.25) is 4.79 Å². The first-order valence-electron chi connectivity index (χ1n) is 8.60. The second-order valence-electron chi connectivity index (χ2n) is 6.60. The Morgan fingerprint density at radius 3 is 2.64 bits per heavy atom. The van der Waals surface area contributed by atoms with Crippen molar-refractivity contribution in [2.24, 2.45) is 11.8 Å². The molecule has 1 aliphatic carbocycles. The average molecular weight is 357 g/mol. The van der Waals surface area contributed by atoms with Crippen LogP contribution in [0.25, 0.3) is 0 Å². The number of rotatable bonds is 3. The molecule has 25 heavy (non-hydrogen) atoms. The van der Waals surface area contributed by atoms with E-state index in [0.717, 1.165) is 18.9 Å². The number of halogens is 3.